The molecule has 0 radical (unpaired) electrons. The number of benzene rings is 4. The number of alkyl halides is 6. The molecule has 70 heavy (non-hydrogen) atoms. The van der Waals surface area contributed by atoms with Crippen molar-refractivity contribution in [3.8, 4) is 0 Å². The van der Waals surface area contributed by atoms with Gasteiger partial charge in [0.1, 0.15) is 24.8 Å². The molecule has 2 saturated carbocycles. The molecular weight excluding hydrogens is 936 g/mol. The molecule has 6 rings (SSSR count). The largest absolute Gasteiger partial charge is 0.697 e. The number of halogens is 8. The number of hydrogen-bond donors (Lipinski definition) is 4. The van der Waals surface area contributed by atoms with Gasteiger partial charge in [0.25, 0.3) is 0 Å². The summed E-state index contributed by atoms with van der Waals surface area (Å²) in [6.45, 7) is 2.22. The first kappa shape index (κ1) is 55.2. The Morgan fingerprint density at radius 1 is 0.486 bits per heavy atom. The van der Waals surface area contributed by atoms with Crippen molar-refractivity contribution < 1.29 is 48.7 Å². The third-order valence-corrected chi connectivity index (χ3v) is 14.9. The Bertz CT molecular complexity index is 2040. The highest BCUT2D eigenvalue weighted by Gasteiger charge is 2.37. The fraction of sp³-hybridized carbons (Fsp3) is 0.556. The summed E-state index contributed by atoms with van der Waals surface area (Å²) in [7, 11) is -2.40. The van der Waals surface area contributed by atoms with Gasteiger partial charge >= 0.3 is 20.6 Å². The molecule has 4 aromatic carbocycles. The first-order valence-corrected chi connectivity index (χ1v) is 26.3. The van der Waals surface area contributed by atoms with E-state index >= 15 is 0 Å². The van der Waals surface area contributed by atoms with Gasteiger partial charge in [-0.3, -0.25) is 0 Å². The smallest absolute Gasteiger partial charge is 0.385 e. The Morgan fingerprint density at radius 3 is 1.24 bits per heavy atom. The van der Waals surface area contributed by atoms with Crippen molar-refractivity contribution >= 4 is 19.6 Å². The molecule has 0 amide bonds. The molecule has 0 aromatic heterocycles. The molecule has 2 fully saturated rings. The minimum atomic E-state index is -4.54. The molecule has 0 heterocycles. The standard InChI is InChI=1S/C54H70F8N4O3P/c55-45-19-15-43(16-20-45)51(25-3-1-4-26-51)29-7-9-33-65-49-23-13-41(37-47(49)53(57,58)59)39-63-31-11-35-68-70(67)69-36-12-32-64-40-42-14-24-50(48(38-42)54(60,61)62)66-34-10-8-30-52(27-5-2-6-28-52)44-17-21-46(56)22-18-44/h13-24,37-38,63-66H,1-12,25-36,39-40H2/q+1. The lowest BCUT2D eigenvalue weighted by Gasteiger charge is -2.38. The van der Waals surface area contributed by atoms with E-state index in [1.807, 2.05) is 24.3 Å². The average molecular weight is 1010 g/mol. The highest BCUT2D eigenvalue weighted by Crippen LogP contribution is 2.45. The van der Waals surface area contributed by atoms with Gasteiger partial charge in [-0.05, 0) is 159 Å². The summed E-state index contributed by atoms with van der Waals surface area (Å²) in [6.07, 6.45) is 7.69. The maximum atomic E-state index is 14.1. The van der Waals surface area contributed by atoms with Crippen molar-refractivity contribution in [2.75, 3.05) is 50.0 Å². The van der Waals surface area contributed by atoms with E-state index in [0.717, 1.165) is 100 Å². The first-order valence-electron chi connectivity index (χ1n) is 25.2. The normalized spacial score (nSPS) is 16.0. The second-order valence-corrected chi connectivity index (χ2v) is 20.1. The van der Waals surface area contributed by atoms with Gasteiger partial charge in [0.15, 0.2) is 0 Å². The highest BCUT2D eigenvalue weighted by molar-refractivity contribution is 7.33. The molecule has 0 saturated heterocycles. The second kappa shape index (κ2) is 27.1. The third kappa shape index (κ3) is 17.0. The summed E-state index contributed by atoms with van der Waals surface area (Å²) >= 11 is 0. The monoisotopic (exact) mass is 1010 g/mol. The van der Waals surface area contributed by atoms with Crippen LogP contribution in [-0.2, 0) is 49.9 Å². The number of hydrogen-bond acceptors (Lipinski definition) is 7. The van der Waals surface area contributed by atoms with E-state index in [1.165, 1.54) is 49.2 Å². The summed E-state index contributed by atoms with van der Waals surface area (Å²) in [5, 5.41) is 12.2. The minimum Gasteiger partial charge on any atom is -0.385 e. The minimum absolute atomic E-state index is 0.0126. The molecular formula is C54H70F8N4O3P+. The Balaban J connectivity index is 0.818. The summed E-state index contributed by atoms with van der Waals surface area (Å²) in [6, 6.07) is 22.1. The van der Waals surface area contributed by atoms with Crippen molar-refractivity contribution in [2.45, 2.75) is 152 Å². The van der Waals surface area contributed by atoms with Gasteiger partial charge in [-0.2, -0.15) is 26.3 Å². The Labute approximate surface area is 409 Å². The van der Waals surface area contributed by atoms with Gasteiger partial charge in [0.05, 0.1) is 11.1 Å². The lowest BCUT2D eigenvalue weighted by Crippen LogP contribution is -2.29. The molecule has 0 spiro atoms. The van der Waals surface area contributed by atoms with Crippen LogP contribution in [0.4, 0.5) is 46.5 Å². The zero-order valence-corrected chi connectivity index (χ0v) is 41.1. The molecule has 2 aliphatic carbocycles. The number of rotatable bonds is 28. The SMILES string of the molecule is O=[P+](OCCCNCc1ccc(NCCCCC2(c3ccc(F)cc3)CCCCC2)c(C(F)(F)F)c1)OCCCNCc1ccc(NCCCCC2(c3ccc(F)cc3)CCCCC2)c(C(F)(F)F)c1. The summed E-state index contributed by atoms with van der Waals surface area (Å²) in [5.74, 6) is -0.521. The first-order chi connectivity index (χ1) is 33.7. The molecule has 0 atom stereocenters. The van der Waals surface area contributed by atoms with Crippen molar-refractivity contribution in [3.63, 3.8) is 0 Å². The zero-order chi connectivity index (χ0) is 49.9. The van der Waals surface area contributed by atoms with Crippen LogP contribution in [0, 0.1) is 11.6 Å². The Kier molecular flexibility index (Phi) is 21.3. The molecule has 7 nitrogen and oxygen atoms in total. The molecule has 0 unspecified atom stereocenters. The Morgan fingerprint density at radius 2 is 0.871 bits per heavy atom. The summed E-state index contributed by atoms with van der Waals surface area (Å²) < 4.78 is 135. The predicted molar refractivity (Wildman–Crippen MR) is 262 cm³/mol. The topological polar surface area (TPSA) is 83.7 Å². The third-order valence-electron chi connectivity index (χ3n) is 14.2. The van der Waals surface area contributed by atoms with Crippen LogP contribution in [0.2, 0.25) is 0 Å². The van der Waals surface area contributed by atoms with E-state index in [1.54, 1.807) is 12.1 Å². The van der Waals surface area contributed by atoms with Crippen molar-refractivity contribution in [2.24, 2.45) is 0 Å². The van der Waals surface area contributed by atoms with E-state index in [9.17, 15) is 39.7 Å². The van der Waals surface area contributed by atoms with Crippen LogP contribution in [0.5, 0.6) is 0 Å². The predicted octanol–water partition coefficient (Wildman–Crippen LogP) is 15.3. The van der Waals surface area contributed by atoms with Crippen LogP contribution in [0.25, 0.3) is 0 Å². The van der Waals surface area contributed by atoms with Crippen LogP contribution in [0.15, 0.2) is 84.9 Å². The molecule has 384 valence electrons. The summed E-state index contributed by atoms with van der Waals surface area (Å²) in [4.78, 5) is 0. The lowest BCUT2D eigenvalue weighted by atomic mass is 9.66. The van der Waals surface area contributed by atoms with E-state index in [-0.39, 0.29) is 60.1 Å². The van der Waals surface area contributed by atoms with Crippen molar-refractivity contribution in [1.29, 1.82) is 0 Å². The second-order valence-electron chi connectivity index (χ2n) is 19.2. The van der Waals surface area contributed by atoms with E-state index < -0.39 is 31.7 Å². The zero-order valence-electron chi connectivity index (χ0n) is 40.2. The van der Waals surface area contributed by atoms with Crippen molar-refractivity contribution in [3.05, 3.63) is 130 Å². The van der Waals surface area contributed by atoms with Gasteiger partial charge in [-0.25, -0.2) is 8.78 Å². The van der Waals surface area contributed by atoms with Crippen LogP contribution in [-0.4, -0.2) is 39.4 Å². The van der Waals surface area contributed by atoms with Gasteiger partial charge in [0, 0.05) is 42.1 Å². The average Bonchev–Trinajstić information content (AvgIpc) is 3.34. The van der Waals surface area contributed by atoms with E-state index in [4.69, 9.17) is 9.05 Å². The number of nitrogens with one attached hydrogen (secondary N) is 4. The van der Waals surface area contributed by atoms with Crippen LogP contribution < -0.4 is 21.3 Å². The highest BCUT2D eigenvalue weighted by atomic mass is 31.1. The number of anilines is 2. The van der Waals surface area contributed by atoms with Gasteiger partial charge in [-0.15, -0.1) is 9.05 Å². The van der Waals surface area contributed by atoms with Gasteiger partial charge in [0.2, 0.25) is 0 Å². The Hall–Kier alpha value is -4.14. The number of unbranched alkanes of at least 4 members (excludes halogenated alkanes) is 2. The van der Waals surface area contributed by atoms with Crippen molar-refractivity contribution in [1.82, 2.24) is 10.6 Å². The van der Waals surface area contributed by atoms with Crippen LogP contribution >= 0.6 is 8.25 Å². The van der Waals surface area contributed by atoms with Crippen LogP contribution in [0.1, 0.15) is 149 Å². The van der Waals surface area contributed by atoms with Crippen LogP contribution in [0.3, 0.4) is 0 Å². The summed E-state index contributed by atoms with van der Waals surface area (Å²) in [5.41, 5.74) is 1.85. The maximum absolute atomic E-state index is 14.1. The fourth-order valence-corrected chi connectivity index (χ4v) is 11.0. The van der Waals surface area contributed by atoms with E-state index in [2.05, 4.69) is 21.3 Å². The molecule has 0 aliphatic heterocycles. The molecule has 0 bridgehead atoms. The molecule has 4 N–H and O–H groups in total. The quantitative estimate of drug-likeness (QED) is 0.0256. The van der Waals surface area contributed by atoms with E-state index in [0.29, 0.717) is 63.0 Å². The van der Waals surface area contributed by atoms with Gasteiger partial charge < -0.3 is 21.3 Å². The maximum Gasteiger partial charge on any atom is 0.697 e. The van der Waals surface area contributed by atoms with Gasteiger partial charge in [-0.1, -0.05) is 87.8 Å². The fourth-order valence-electron chi connectivity index (χ4n) is 10.4. The molecule has 16 heteroatoms. The molecule has 4 aromatic rings. The molecule has 2 aliphatic rings. The lowest BCUT2D eigenvalue weighted by molar-refractivity contribution is -0.137.